The van der Waals surface area contributed by atoms with E-state index >= 15 is 0 Å². The number of nitrogens with two attached hydrogens (primary N) is 1. The maximum Gasteiger partial charge on any atom is 0.238 e. The summed E-state index contributed by atoms with van der Waals surface area (Å²) in [6, 6.07) is 0. The third-order valence-electron chi connectivity index (χ3n) is 7.71. The standard InChI is InChI=1S/C11H21N3O.C11H22N2O/c12-10(15)11(4-6-13-7-5-11)14-8-2-1-3-9-14;14-10-11(4-6-12-7-5-11)13-8-2-1-3-9-13/h13H,1-9H2,(H2,12,15);12,14H,1-10H2. The van der Waals surface area contributed by atoms with Gasteiger partial charge in [-0.1, -0.05) is 12.8 Å². The Morgan fingerprint density at radius 1 is 0.759 bits per heavy atom. The van der Waals surface area contributed by atoms with Gasteiger partial charge in [0.2, 0.25) is 5.91 Å². The monoisotopic (exact) mass is 409 g/mol. The molecule has 5 N–H and O–H groups in total. The van der Waals surface area contributed by atoms with Crippen LogP contribution in [-0.2, 0) is 4.79 Å². The molecule has 0 unspecified atom stereocenters. The number of likely N-dealkylation sites (tertiary alicyclic amines) is 2. The number of amides is 1. The average Bonchev–Trinajstić information content (AvgIpc) is 2.81. The maximum atomic E-state index is 11.7. The third-order valence-corrected chi connectivity index (χ3v) is 7.71. The molecule has 29 heavy (non-hydrogen) atoms. The van der Waals surface area contributed by atoms with Gasteiger partial charge in [0, 0.05) is 5.54 Å². The van der Waals surface area contributed by atoms with Crippen LogP contribution in [-0.4, -0.2) is 90.9 Å². The smallest absolute Gasteiger partial charge is 0.238 e. The van der Waals surface area contributed by atoms with Crippen LogP contribution in [0.15, 0.2) is 0 Å². The predicted octanol–water partition coefficient (Wildman–Crippen LogP) is 0.667. The minimum atomic E-state index is -0.342. The number of hydrogen-bond donors (Lipinski definition) is 4. The van der Waals surface area contributed by atoms with Crippen molar-refractivity contribution < 1.29 is 9.90 Å². The van der Waals surface area contributed by atoms with Gasteiger partial charge in [-0.25, -0.2) is 0 Å². The lowest BCUT2D eigenvalue weighted by Gasteiger charge is -2.47. The van der Waals surface area contributed by atoms with E-state index in [0.717, 1.165) is 65.0 Å². The van der Waals surface area contributed by atoms with Crippen molar-refractivity contribution in [3.63, 3.8) is 0 Å². The van der Waals surface area contributed by atoms with Crippen LogP contribution in [0.1, 0.15) is 64.2 Å². The van der Waals surface area contributed by atoms with E-state index < -0.39 is 0 Å². The van der Waals surface area contributed by atoms with Gasteiger partial charge in [-0.15, -0.1) is 0 Å². The molecule has 0 atom stereocenters. The van der Waals surface area contributed by atoms with Crippen molar-refractivity contribution in [3.05, 3.63) is 0 Å². The van der Waals surface area contributed by atoms with Crippen molar-refractivity contribution in [1.82, 2.24) is 20.4 Å². The first-order chi connectivity index (χ1) is 14.1. The molecule has 7 heteroatoms. The number of piperidine rings is 4. The topological polar surface area (TPSA) is 93.9 Å². The van der Waals surface area contributed by atoms with E-state index in [2.05, 4.69) is 20.4 Å². The fourth-order valence-electron chi connectivity index (χ4n) is 5.72. The van der Waals surface area contributed by atoms with Gasteiger partial charge >= 0.3 is 0 Å². The largest absolute Gasteiger partial charge is 0.394 e. The second-order valence-electron chi connectivity index (χ2n) is 9.37. The summed E-state index contributed by atoms with van der Waals surface area (Å²) in [5.41, 5.74) is 5.40. The maximum absolute atomic E-state index is 11.7. The van der Waals surface area contributed by atoms with Crippen LogP contribution in [0.3, 0.4) is 0 Å². The minimum absolute atomic E-state index is 0.117. The number of carbonyl (C=O) groups excluding carboxylic acids is 1. The van der Waals surface area contributed by atoms with Crippen LogP contribution in [0.25, 0.3) is 0 Å². The summed E-state index contributed by atoms with van der Waals surface area (Å²) in [5.74, 6) is -0.120. The number of primary amides is 1. The molecule has 1 amide bonds. The Morgan fingerprint density at radius 2 is 1.21 bits per heavy atom. The van der Waals surface area contributed by atoms with Crippen molar-refractivity contribution in [3.8, 4) is 0 Å². The van der Waals surface area contributed by atoms with Gasteiger partial charge in [0.25, 0.3) is 0 Å². The van der Waals surface area contributed by atoms with E-state index in [1.54, 1.807) is 0 Å². The van der Waals surface area contributed by atoms with Crippen molar-refractivity contribution in [2.75, 3.05) is 59.0 Å². The zero-order valence-electron chi connectivity index (χ0n) is 18.3. The summed E-state index contributed by atoms with van der Waals surface area (Å²) in [6.45, 7) is 8.79. The summed E-state index contributed by atoms with van der Waals surface area (Å²) < 4.78 is 0. The molecule has 0 aliphatic carbocycles. The van der Waals surface area contributed by atoms with E-state index in [0.29, 0.717) is 6.61 Å². The van der Waals surface area contributed by atoms with E-state index in [1.165, 1.54) is 51.6 Å². The number of hydrogen-bond acceptors (Lipinski definition) is 6. The molecule has 4 aliphatic rings. The molecule has 0 bridgehead atoms. The Labute approximate surface area is 176 Å². The molecule has 4 fully saturated rings. The molecule has 0 aromatic carbocycles. The highest BCUT2D eigenvalue weighted by molar-refractivity contribution is 5.84. The van der Waals surface area contributed by atoms with Crippen LogP contribution >= 0.6 is 0 Å². The Kier molecular flexibility index (Phi) is 8.74. The second kappa shape index (κ2) is 11.0. The Hall–Kier alpha value is -0.730. The second-order valence-corrected chi connectivity index (χ2v) is 9.37. The molecule has 168 valence electrons. The molecule has 0 saturated carbocycles. The normalized spacial score (nSPS) is 28.2. The van der Waals surface area contributed by atoms with Crippen LogP contribution < -0.4 is 16.4 Å². The Bertz CT molecular complexity index is 491. The van der Waals surface area contributed by atoms with Gasteiger partial charge in [0.1, 0.15) is 5.54 Å². The summed E-state index contributed by atoms with van der Waals surface area (Å²) in [5, 5.41) is 16.3. The average molecular weight is 410 g/mol. The van der Waals surface area contributed by atoms with E-state index in [4.69, 9.17) is 5.73 Å². The molecular weight excluding hydrogens is 366 g/mol. The molecular formula is C22H43N5O2. The Balaban J connectivity index is 0.000000166. The molecule has 4 heterocycles. The summed E-state index contributed by atoms with van der Waals surface area (Å²) in [6.07, 6.45) is 11.7. The van der Waals surface area contributed by atoms with Gasteiger partial charge in [-0.2, -0.15) is 0 Å². The van der Waals surface area contributed by atoms with Gasteiger partial charge in [0.05, 0.1) is 6.61 Å². The molecule has 4 aliphatic heterocycles. The number of aliphatic hydroxyl groups is 1. The highest BCUT2D eigenvalue weighted by Gasteiger charge is 2.43. The van der Waals surface area contributed by atoms with Gasteiger partial charge in [-0.05, 0) is 104 Å². The van der Waals surface area contributed by atoms with Crippen LogP contribution in [0, 0.1) is 0 Å². The van der Waals surface area contributed by atoms with Crippen LogP contribution in [0.4, 0.5) is 0 Å². The van der Waals surface area contributed by atoms with Crippen LogP contribution in [0.2, 0.25) is 0 Å². The van der Waals surface area contributed by atoms with Crippen molar-refractivity contribution in [2.45, 2.75) is 75.3 Å². The molecule has 0 radical (unpaired) electrons. The van der Waals surface area contributed by atoms with Crippen molar-refractivity contribution >= 4 is 5.91 Å². The lowest BCUT2D eigenvalue weighted by molar-refractivity contribution is -0.133. The van der Waals surface area contributed by atoms with Gasteiger partial charge in [0.15, 0.2) is 0 Å². The minimum Gasteiger partial charge on any atom is -0.394 e. The highest BCUT2D eigenvalue weighted by Crippen LogP contribution is 2.30. The first kappa shape index (κ1) is 22.9. The number of carbonyl (C=O) groups is 1. The van der Waals surface area contributed by atoms with E-state index in [1.807, 2.05) is 0 Å². The van der Waals surface area contributed by atoms with E-state index in [-0.39, 0.29) is 17.0 Å². The first-order valence-corrected chi connectivity index (χ1v) is 12.0. The first-order valence-electron chi connectivity index (χ1n) is 12.0. The van der Waals surface area contributed by atoms with Gasteiger partial charge < -0.3 is 21.5 Å². The quantitative estimate of drug-likeness (QED) is 0.545. The third kappa shape index (κ3) is 5.50. The summed E-state index contributed by atoms with van der Waals surface area (Å²) in [4.78, 5) is 16.6. The van der Waals surface area contributed by atoms with Crippen molar-refractivity contribution in [2.24, 2.45) is 5.73 Å². The number of nitrogens with one attached hydrogen (secondary N) is 2. The molecule has 4 rings (SSSR count). The number of rotatable bonds is 4. The number of nitrogens with zero attached hydrogens (tertiary/aromatic N) is 2. The molecule has 0 aromatic heterocycles. The lowest BCUT2D eigenvalue weighted by atomic mass is 9.84. The van der Waals surface area contributed by atoms with Crippen LogP contribution in [0.5, 0.6) is 0 Å². The summed E-state index contributed by atoms with van der Waals surface area (Å²) >= 11 is 0. The molecule has 0 aromatic rings. The van der Waals surface area contributed by atoms with Crippen molar-refractivity contribution in [1.29, 1.82) is 0 Å². The fourth-order valence-corrected chi connectivity index (χ4v) is 5.72. The molecule has 4 saturated heterocycles. The molecule has 0 spiro atoms. The SMILES string of the molecule is NC(=O)C1(N2CCCCC2)CCNCC1.OCC1(N2CCCCC2)CCNCC1. The fraction of sp³-hybridized carbons (Fsp3) is 0.955. The van der Waals surface area contributed by atoms with E-state index in [9.17, 15) is 9.90 Å². The predicted molar refractivity (Wildman–Crippen MR) is 117 cm³/mol. The number of aliphatic hydroxyl groups excluding tert-OH is 1. The summed E-state index contributed by atoms with van der Waals surface area (Å²) in [7, 11) is 0. The highest BCUT2D eigenvalue weighted by atomic mass is 16.3. The zero-order chi connectivity index (χ0) is 20.6. The Morgan fingerprint density at radius 3 is 1.66 bits per heavy atom. The van der Waals surface area contributed by atoms with Gasteiger partial charge in [-0.3, -0.25) is 14.6 Å². The zero-order valence-corrected chi connectivity index (χ0v) is 18.3. The lowest BCUT2D eigenvalue weighted by Crippen LogP contribution is -2.62. The molecule has 7 nitrogen and oxygen atoms in total.